The van der Waals surface area contributed by atoms with Crippen molar-refractivity contribution < 1.29 is 38.2 Å². The molecule has 5 fully saturated rings. The number of ether oxygens (including phenoxy) is 2. The van der Waals surface area contributed by atoms with Crippen molar-refractivity contribution in [2.45, 2.75) is 145 Å². The van der Waals surface area contributed by atoms with E-state index in [1.54, 1.807) is 14.2 Å². The quantitative estimate of drug-likeness (QED) is 0.00987. The van der Waals surface area contributed by atoms with Crippen molar-refractivity contribution in [2.24, 2.45) is 50.7 Å². The Balaban J connectivity index is 0.000000160. The summed E-state index contributed by atoms with van der Waals surface area (Å²) in [6.07, 6.45) is 13.0. The SMILES string of the molecule is COc1ccc(C(CN2CC[C@@H](CNC(=O)c3ccc4ccccc4c3)N[C@@H](CCCN=C(N)N)C2=O)c2ccc(OC)cc2)cc1.NC(N)=NCCC[C@@H]1N[C@H](CNC(=O)c2ccc3ccccc3c2)CCN(CCC2CC3CCC2C3)C1=O.O=C(NC[C@@H]1CCN(CC(c2ccccc2)c2ccccc2)C(=O)[C@H](CCCNCc2ccccc2)N1)c1ccc2ccccc2c1. The van der Waals surface area contributed by atoms with Gasteiger partial charge in [0, 0.05) is 125 Å². The maximum Gasteiger partial charge on any atom is 0.251 e. The smallest absolute Gasteiger partial charge is 0.251 e. The summed E-state index contributed by atoms with van der Waals surface area (Å²) in [6.45, 7) is 7.67. The van der Waals surface area contributed by atoms with Gasteiger partial charge >= 0.3 is 0 Å². The summed E-state index contributed by atoms with van der Waals surface area (Å²) in [5.74, 6) is 4.18. The number of benzene rings is 11. The number of fused-ring (bicyclic) bond motifs is 5. The van der Waals surface area contributed by atoms with Gasteiger partial charge in [-0.3, -0.25) is 38.8 Å². The van der Waals surface area contributed by atoms with Crippen LogP contribution in [0.2, 0.25) is 0 Å². The molecular weight excluding hydrogens is 1650 g/mol. The monoisotopic (exact) mass is 1780 g/mol. The van der Waals surface area contributed by atoms with Crippen LogP contribution in [0.25, 0.3) is 32.3 Å². The van der Waals surface area contributed by atoms with E-state index < -0.39 is 6.04 Å². The molecule has 15 N–H and O–H groups in total. The van der Waals surface area contributed by atoms with Crippen LogP contribution in [-0.4, -0.2) is 191 Å². The van der Waals surface area contributed by atoms with Gasteiger partial charge in [0.15, 0.2) is 11.9 Å². The molecule has 3 heterocycles. The number of carbonyl (C=O) groups excluding carboxylic acids is 6. The van der Waals surface area contributed by atoms with Crippen molar-refractivity contribution in [3.05, 3.63) is 311 Å². The second-order valence-corrected chi connectivity index (χ2v) is 35.7. The Morgan fingerprint density at radius 1 is 0.402 bits per heavy atom. The Bertz CT molecular complexity index is 5560. The van der Waals surface area contributed by atoms with Gasteiger partial charge in [0.05, 0.1) is 32.3 Å². The molecule has 132 heavy (non-hydrogen) atoms. The summed E-state index contributed by atoms with van der Waals surface area (Å²) in [6, 6.07) is 87.4. The molecule has 11 aromatic rings. The molecule has 11 aromatic carbocycles. The van der Waals surface area contributed by atoms with Gasteiger partial charge in [0.1, 0.15) is 11.5 Å². The van der Waals surface area contributed by atoms with Crippen LogP contribution < -0.4 is 69.6 Å². The number of methoxy groups -OCH3 is 2. The molecular formula is C108H130N16O8. The zero-order chi connectivity index (χ0) is 91.9. The molecule has 0 radical (unpaired) electrons. The van der Waals surface area contributed by atoms with Crippen LogP contribution in [0.5, 0.6) is 11.5 Å². The number of guanidine groups is 2. The van der Waals surface area contributed by atoms with Gasteiger partial charge in [0.2, 0.25) is 17.7 Å². The van der Waals surface area contributed by atoms with E-state index in [4.69, 9.17) is 32.4 Å². The number of rotatable bonds is 36. The minimum atomic E-state index is -0.457. The van der Waals surface area contributed by atoms with Crippen molar-refractivity contribution in [3.63, 3.8) is 0 Å². The van der Waals surface area contributed by atoms with Crippen LogP contribution in [0.3, 0.4) is 0 Å². The van der Waals surface area contributed by atoms with Crippen molar-refractivity contribution in [3.8, 4) is 11.5 Å². The highest BCUT2D eigenvalue weighted by atomic mass is 16.5. The zero-order valence-corrected chi connectivity index (χ0v) is 76.2. The Labute approximate surface area is 776 Å². The molecule has 3 saturated heterocycles. The standard InChI is InChI=1S/C41H44N4O2.C37H44N6O4.C30H42N6O2/c46-40(36-23-22-32-15-10-11-20-35(32)27-36)43-29-37-24-26-45(30-38(33-16-6-2-7-17-33)34-18-8-3-9-19-34)41(47)39(44-37)21-12-25-42-28-31-13-4-1-5-14-31;1-46-31-15-11-26(12-16-31)33(27-13-17-32(47-2)18-14-27)24-43-21-19-30(42-34(36(43)45)8-5-20-40-37(38)39)23-41-35(44)29-10-9-25-6-3-4-7-28(25)22-29;31-30(32)33-13-3-6-27-29(38)36(14-11-24-17-20-7-8-23(24)16-20)15-12-26(35-27)19-34-28(37)25-10-9-21-4-1-2-5-22(21)18-25/h1-11,13-20,22-23,27,37-39,42,44H,12,21,24-26,28-30H2,(H,43,46);3-4,6-7,9-18,22,30,33-34,42H,5,8,19-21,23-24H2,1-2H3,(H,41,44)(H4,38,39,40);1-2,4-5,9-10,18,20,23-24,26-27,35H,3,6-8,11-17,19H2,(H,34,37)(H4,31,32,33)/t37-,39-;30-,34-;20?,23?,24?,26-,27-/m000/s1. The third-order valence-corrected chi connectivity index (χ3v) is 26.8. The van der Waals surface area contributed by atoms with Gasteiger partial charge in [-0.2, -0.15) is 0 Å². The molecule has 690 valence electrons. The van der Waals surface area contributed by atoms with E-state index in [-0.39, 0.29) is 89.4 Å². The zero-order valence-electron chi connectivity index (χ0n) is 76.2. The lowest BCUT2D eigenvalue weighted by molar-refractivity contribution is -0.133. The van der Waals surface area contributed by atoms with Crippen molar-refractivity contribution in [1.82, 2.24) is 51.9 Å². The van der Waals surface area contributed by atoms with Crippen LogP contribution in [-0.2, 0) is 20.9 Å². The summed E-state index contributed by atoms with van der Waals surface area (Å²) in [5, 5.41) is 30.1. The summed E-state index contributed by atoms with van der Waals surface area (Å²) >= 11 is 0. The molecule has 6 amide bonds. The number of nitrogens with one attached hydrogen (secondary N) is 7. The highest BCUT2D eigenvalue weighted by molar-refractivity contribution is 6.00. The molecule has 3 aliphatic heterocycles. The summed E-state index contributed by atoms with van der Waals surface area (Å²) in [5.41, 5.74) is 29.7. The van der Waals surface area contributed by atoms with Crippen molar-refractivity contribution >= 4 is 79.7 Å². The molecule has 3 unspecified atom stereocenters. The van der Waals surface area contributed by atoms with E-state index in [9.17, 15) is 28.8 Å². The van der Waals surface area contributed by atoms with Crippen LogP contribution in [0.1, 0.15) is 161 Å². The molecule has 24 heteroatoms. The Morgan fingerprint density at radius 3 is 1.14 bits per heavy atom. The summed E-state index contributed by atoms with van der Waals surface area (Å²) < 4.78 is 10.8. The first kappa shape index (κ1) is 95.1. The van der Waals surface area contributed by atoms with E-state index in [0.717, 1.165) is 124 Å². The predicted molar refractivity (Wildman–Crippen MR) is 528 cm³/mol. The average molecular weight is 1780 g/mol. The largest absolute Gasteiger partial charge is 0.497 e. The number of nitrogens with zero attached hydrogens (tertiary/aromatic N) is 5. The van der Waals surface area contributed by atoms with E-state index >= 15 is 0 Å². The fourth-order valence-electron chi connectivity index (χ4n) is 19.5. The van der Waals surface area contributed by atoms with Crippen LogP contribution in [0.4, 0.5) is 0 Å². The van der Waals surface area contributed by atoms with E-state index in [0.29, 0.717) is 114 Å². The van der Waals surface area contributed by atoms with E-state index in [1.807, 2.05) is 204 Å². The third-order valence-electron chi connectivity index (χ3n) is 26.8. The van der Waals surface area contributed by atoms with Gasteiger partial charge in [-0.1, -0.05) is 213 Å². The summed E-state index contributed by atoms with van der Waals surface area (Å²) in [4.78, 5) is 95.5. The molecule has 2 bridgehead atoms. The molecule has 2 saturated carbocycles. The molecule has 2 aliphatic carbocycles. The third kappa shape index (κ3) is 27.1. The van der Waals surface area contributed by atoms with Gasteiger partial charge in [-0.05, 0) is 229 Å². The van der Waals surface area contributed by atoms with Gasteiger partial charge < -0.3 is 84.3 Å². The van der Waals surface area contributed by atoms with Gasteiger partial charge in [-0.25, -0.2) is 0 Å². The topological polar surface area (TPSA) is 344 Å². The molecule has 24 nitrogen and oxygen atoms in total. The highest BCUT2D eigenvalue weighted by Gasteiger charge is 2.41. The fraction of sp³-hybridized carbons (Fsp3) is 0.370. The maximum atomic E-state index is 14.2. The Morgan fingerprint density at radius 2 is 0.765 bits per heavy atom. The van der Waals surface area contributed by atoms with Crippen LogP contribution >= 0.6 is 0 Å². The lowest BCUT2D eigenvalue weighted by Gasteiger charge is -2.29. The molecule has 5 aliphatic rings. The molecule has 0 spiro atoms. The predicted octanol–water partition coefficient (Wildman–Crippen LogP) is 13.6. The van der Waals surface area contributed by atoms with Gasteiger partial charge in [0.25, 0.3) is 17.7 Å². The van der Waals surface area contributed by atoms with Crippen LogP contribution in [0, 0.1) is 17.8 Å². The van der Waals surface area contributed by atoms with Gasteiger partial charge in [-0.15, -0.1) is 0 Å². The van der Waals surface area contributed by atoms with Crippen LogP contribution in [0.15, 0.2) is 277 Å². The first-order valence-electron chi connectivity index (χ1n) is 47.1. The molecule has 0 aromatic heterocycles. The number of aliphatic imine (C=N–C) groups is 2. The minimum Gasteiger partial charge on any atom is -0.497 e. The molecule has 9 atom stereocenters. The first-order valence-corrected chi connectivity index (χ1v) is 47.1. The Kier molecular flexibility index (Phi) is 34.7. The first-order chi connectivity index (χ1) is 64.4. The lowest BCUT2D eigenvalue weighted by Crippen LogP contribution is -2.49. The number of amides is 6. The van der Waals surface area contributed by atoms with E-state index in [1.165, 1.54) is 42.4 Å². The number of carbonyl (C=O) groups is 6. The van der Waals surface area contributed by atoms with Crippen molar-refractivity contribution in [2.75, 3.05) is 92.8 Å². The summed E-state index contributed by atoms with van der Waals surface area (Å²) in [7, 11) is 3.29. The fourth-order valence-corrected chi connectivity index (χ4v) is 19.5. The highest BCUT2D eigenvalue weighted by Crippen LogP contribution is 2.50. The maximum absolute atomic E-state index is 14.2. The van der Waals surface area contributed by atoms with Crippen molar-refractivity contribution in [1.29, 1.82) is 0 Å². The molecule has 16 rings (SSSR count). The second kappa shape index (κ2) is 48.2. The average Bonchev–Trinajstić information content (AvgIpc) is 1.72. The normalized spacial score (nSPS) is 19.6. The number of hydrogen-bond donors (Lipinski definition) is 11. The lowest BCUT2D eigenvalue weighted by atomic mass is 9.86. The second-order valence-electron chi connectivity index (χ2n) is 35.7. The Hall–Kier alpha value is -13.0. The van der Waals surface area contributed by atoms with E-state index in [2.05, 4.69) is 125 Å². The number of nitrogens with two attached hydrogens (primary N) is 4. The minimum absolute atomic E-state index is 0.0175. The number of hydrogen-bond acceptors (Lipinski definition) is 14.